The standard InChI is InChI=1S/C31H41N3O4/c1-31(2,3)38-30(36)34(21-23-13-7-5-8-14-23)27(29(35)37-22-24-15-9-6-10-16-24)19-20-28-32-25-17-11-12-18-26(25)33(28)4/h6,9-12,15-18,23,27H,5,7-8,13-14,19-22H2,1-4H3/t27-/m0/s1. The zero-order valence-electron chi connectivity index (χ0n) is 23.2. The topological polar surface area (TPSA) is 73.7 Å². The molecule has 3 aromatic rings. The number of benzene rings is 2. The summed E-state index contributed by atoms with van der Waals surface area (Å²) in [5, 5.41) is 0. The van der Waals surface area contributed by atoms with Crippen LogP contribution >= 0.6 is 0 Å². The molecule has 0 radical (unpaired) electrons. The van der Waals surface area contributed by atoms with Crippen LogP contribution in [0.1, 0.15) is 70.7 Å². The first-order chi connectivity index (χ1) is 18.2. The fourth-order valence-electron chi connectivity index (χ4n) is 5.21. The fourth-order valence-corrected chi connectivity index (χ4v) is 5.21. The smallest absolute Gasteiger partial charge is 0.411 e. The number of aromatic nitrogens is 2. The first-order valence-corrected chi connectivity index (χ1v) is 13.8. The second kappa shape index (κ2) is 12.5. The second-order valence-corrected chi connectivity index (χ2v) is 11.4. The number of amides is 1. The number of hydrogen-bond acceptors (Lipinski definition) is 5. The number of para-hydroxylation sites is 2. The Morgan fingerprint density at radius 1 is 1.03 bits per heavy atom. The van der Waals surface area contributed by atoms with E-state index in [1.165, 1.54) is 6.42 Å². The minimum Gasteiger partial charge on any atom is -0.459 e. The van der Waals surface area contributed by atoms with Gasteiger partial charge in [0.2, 0.25) is 0 Å². The number of carbonyl (C=O) groups excluding carboxylic acids is 2. The summed E-state index contributed by atoms with van der Waals surface area (Å²) in [5.74, 6) is 0.805. The van der Waals surface area contributed by atoms with Crippen molar-refractivity contribution in [3.8, 4) is 0 Å². The van der Waals surface area contributed by atoms with Crippen LogP contribution in [0.2, 0.25) is 0 Å². The van der Waals surface area contributed by atoms with Crippen molar-refractivity contribution in [3.63, 3.8) is 0 Å². The minimum absolute atomic E-state index is 0.161. The number of esters is 1. The van der Waals surface area contributed by atoms with E-state index in [4.69, 9.17) is 14.5 Å². The van der Waals surface area contributed by atoms with Crippen molar-refractivity contribution < 1.29 is 19.1 Å². The van der Waals surface area contributed by atoms with Crippen molar-refractivity contribution in [2.45, 2.75) is 84.0 Å². The van der Waals surface area contributed by atoms with Gasteiger partial charge in [0.1, 0.15) is 24.1 Å². The number of hydrogen-bond donors (Lipinski definition) is 0. The quantitative estimate of drug-likeness (QED) is 0.304. The minimum atomic E-state index is -0.768. The molecule has 0 aliphatic heterocycles. The lowest BCUT2D eigenvalue weighted by atomic mass is 9.88. The Kier molecular flexibility index (Phi) is 9.08. The van der Waals surface area contributed by atoms with E-state index in [9.17, 15) is 9.59 Å². The van der Waals surface area contributed by atoms with Gasteiger partial charge in [-0.2, -0.15) is 0 Å². The summed E-state index contributed by atoms with van der Waals surface area (Å²) in [7, 11) is 1.99. The Morgan fingerprint density at radius 3 is 2.39 bits per heavy atom. The van der Waals surface area contributed by atoms with Gasteiger partial charge in [-0.25, -0.2) is 14.6 Å². The van der Waals surface area contributed by atoms with E-state index in [2.05, 4.69) is 4.57 Å². The molecule has 0 spiro atoms. The van der Waals surface area contributed by atoms with Crippen LogP contribution < -0.4 is 0 Å². The molecule has 1 heterocycles. The third-order valence-electron chi connectivity index (χ3n) is 7.20. The van der Waals surface area contributed by atoms with Crippen LogP contribution in [0.15, 0.2) is 54.6 Å². The lowest BCUT2D eigenvalue weighted by Gasteiger charge is -2.35. The van der Waals surface area contributed by atoms with Crippen molar-refractivity contribution in [1.82, 2.24) is 14.5 Å². The van der Waals surface area contributed by atoms with Crippen molar-refractivity contribution >= 4 is 23.1 Å². The van der Waals surface area contributed by atoms with Gasteiger partial charge in [0, 0.05) is 20.0 Å². The lowest BCUT2D eigenvalue weighted by Crippen LogP contribution is -2.50. The molecule has 1 fully saturated rings. The number of fused-ring (bicyclic) bond motifs is 1. The maximum Gasteiger partial charge on any atom is 0.411 e. The molecular formula is C31H41N3O4. The molecule has 2 aromatic carbocycles. The van der Waals surface area contributed by atoms with Gasteiger partial charge in [0.05, 0.1) is 11.0 Å². The molecule has 1 aliphatic rings. The molecule has 4 rings (SSSR count). The summed E-state index contributed by atoms with van der Waals surface area (Å²) in [6.45, 7) is 6.21. The van der Waals surface area contributed by atoms with Crippen molar-refractivity contribution in [3.05, 3.63) is 66.0 Å². The van der Waals surface area contributed by atoms with Gasteiger partial charge in [-0.15, -0.1) is 0 Å². The summed E-state index contributed by atoms with van der Waals surface area (Å²) in [5.41, 5.74) is 2.19. The molecule has 0 saturated heterocycles. The average molecular weight is 520 g/mol. The number of carbonyl (C=O) groups is 2. The van der Waals surface area contributed by atoms with Crippen LogP contribution in [-0.4, -0.2) is 44.7 Å². The van der Waals surface area contributed by atoms with Gasteiger partial charge in [-0.3, -0.25) is 4.90 Å². The van der Waals surface area contributed by atoms with E-state index in [0.29, 0.717) is 25.3 Å². The maximum atomic E-state index is 13.6. The van der Waals surface area contributed by atoms with E-state index in [-0.39, 0.29) is 6.61 Å². The van der Waals surface area contributed by atoms with Crippen molar-refractivity contribution in [1.29, 1.82) is 0 Å². The third kappa shape index (κ3) is 7.36. The average Bonchev–Trinajstić information content (AvgIpc) is 3.22. The molecule has 0 bridgehead atoms. The molecule has 0 unspecified atom stereocenters. The Hall–Kier alpha value is -3.35. The molecule has 7 nitrogen and oxygen atoms in total. The second-order valence-electron chi connectivity index (χ2n) is 11.4. The van der Waals surface area contributed by atoms with E-state index in [1.54, 1.807) is 4.90 Å². The normalized spacial score (nSPS) is 15.3. The van der Waals surface area contributed by atoms with E-state index in [1.807, 2.05) is 82.4 Å². The molecule has 204 valence electrons. The first-order valence-electron chi connectivity index (χ1n) is 13.8. The zero-order valence-corrected chi connectivity index (χ0v) is 23.2. The van der Waals surface area contributed by atoms with Crippen molar-refractivity contribution in [2.24, 2.45) is 13.0 Å². The molecule has 38 heavy (non-hydrogen) atoms. The number of rotatable bonds is 9. The summed E-state index contributed by atoms with van der Waals surface area (Å²) in [6.07, 6.45) is 6.08. The predicted octanol–water partition coefficient (Wildman–Crippen LogP) is 6.44. The number of nitrogens with zero attached hydrogens (tertiary/aromatic N) is 3. The van der Waals surface area contributed by atoms with Gasteiger partial charge < -0.3 is 14.0 Å². The van der Waals surface area contributed by atoms with Crippen LogP contribution in [-0.2, 0) is 34.3 Å². The lowest BCUT2D eigenvalue weighted by molar-refractivity contribution is -0.152. The Morgan fingerprint density at radius 2 is 1.71 bits per heavy atom. The Bertz CT molecular complexity index is 1210. The fraction of sp³-hybridized carbons (Fsp3) is 0.516. The molecule has 1 aliphatic carbocycles. The molecule has 1 atom stereocenters. The Balaban J connectivity index is 1.59. The van der Waals surface area contributed by atoms with Gasteiger partial charge in [-0.05, 0) is 63.6 Å². The molecule has 7 heteroatoms. The highest BCUT2D eigenvalue weighted by Crippen LogP contribution is 2.27. The van der Waals surface area contributed by atoms with E-state index < -0.39 is 23.7 Å². The first kappa shape index (κ1) is 27.7. The van der Waals surface area contributed by atoms with Crippen LogP contribution in [0.4, 0.5) is 4.79 Å². The largest absolute Gasteiger partial charge is 0.459 e. The highest BCUT2D eigenvalue weighted by Gasteiger charge is 2.36. The summed E-state index contributed by atoms with van der Waals surface area (Å²) in [4.78, 5) is 33.6. The molecule has 1 saturated carbocycles. The zero-order chi connectivity index (χ0) is 27.1. The predicted molar refractivity (Wildman–Crippen MR) is 149 cm³/mol. The molecule has 0 N–H and O–H groups in total. The van der Waals surface area contributed by atoms with Gasteiger partial charge >= 0.3 is 12.1 Å². The third-order valence-corrected chi connectivity index (χ3v) is 7.20. The molecular weight excluding hydrogens is 478 g/mol. The molecule has 1 amide bonds. The monoisotopic (exact) mass is 519 g/mol. The summed E-state index contributed by atoms with van der Waals surface area (Å²) in [6, 6.07) is 16.8. The molecule has 1 aromatic heterocycles. The highest BCUT2D eigenvalue weighted by atomic mass is 16.6. The summed E-state index contributed by atoms with van der Waals surface area (Å²) < 4.78 is 13.7. The van der Waals surface area contributed by atoms with E-state index >= 15 is 0 Å². The van der Waals surface area contributed by atoms with Crippen LogP contribution in [0.3, 0.4) is 0 Å². The van der Waals surface area contributed by atoms with Gasteiger partial charge in [0.25, 0.3) is 0 Å². The number of aryl methyl sites for hydroxylation is 2. The highest BCUT2D eigenvalue weighted by molar-refractivity contribution is 5.82. The Labute approximate surface area is 226 Å². The number of ether oxygens (including phenoxy) is 2. The van der Waals surface area contributed by atoms with Crippen LogP contribution in [0, 0.1) is 5.92 Å². The maximum absolute atomic E-state index is 13.6. The van der Waals surface area contributed by atoms with Gasteiger partial charge in [-0.1, -0.05) is 61.7 Å². The van der Waals surface area contributed by atoms with E-state index in [0.717, 1.165) is 48.1 Å². The summed E-state index contributed by atoms with van der Waals surface area (Å²) >= 11 is 0. The van der Waals surface area contributed by atoms with Crippen molar-refractivity contribution in [2.75, 3.05) is 6.54 Å². The van der Waals surface area contributed by atoms with Gasteiger partial charge in [0.15, 0.2) is 0 Å². The number of imidazole rings is 1. The van der Waals surface area contributed by atoms with Crippen LogP contribution in [0.25, 0.3) is 11.0 Å². The SMILES string of the molecule is Cn1c(CC[C@@H](C(=O)OCc2ccccc2)N(CC2CCCCC2)C(=O)OC(C)(C)C)nc2ccccc21. The van der Waals surface area contributed by atoms with Crippen LogP contribution in [0.5, 0.6) is 0 Å².